The molecule has 2 heterocycles. The van der Waals surface area contributed by atoms with E-state index in [4.69, 9.17) is 0 Å². The molecule has 1 N–H and O–H groups in total. The Labute approximate surface area is 176 Å². The molecule has 148 valence electrons. The first-order valence-electron chi connectivity index (χ1n) is 10.3. The zero-order valence-corrected chi connectivity index (χ0v) is 18.3. The highest BCUT2D eigenvalue weighted by Gasteiger charge is 2.15. The van der Waals surface area contributed by atoms with Crippen LogP contribution in [0, 0.1) is 0 Å². The summed E-state index contributed by atoms with van der Waals surface area (Å²) in [6, 6.07) is 17.4. The monoisotopic (exact) mass is 401 g/mol. The summed E-state index contributed by atoms with van der Waals surface area (Å²) >= 11 is 1.67. The molecule has 0 spiro atoms. The lowest BCUT2D eigenvalue weighted by atomic mass is 9.96. The summed E-state index contributed by atoms with van der Waals surface area (Å²) in [4.78, 5) is 10.1. The maximum Gasteiger partial charge on any atom is 0.143 e. The number of para-hydroxylation sites is 1. The standard InChI is InChI=1S/C25H27N3S/c1-5-17(4)20-8-6-7-9-22(20)28-24-23-21(14-29-25(23)27-15-26-24)19-12-10-18(11-13-19)16(2)3/h6-17H,5H2,1-4H3,(H,26,27,28). The Morgan fingerprint density at radius 3 is 2.45 bits per heavy atom. The van der Waals surface area contributed by atoms with Crippen molar-refractivity contribution in [1.82, 2.24) is 9.97 Å². The molecular formula is C25H27N3S. The molecule has 0 aliphatic rings. The molecule has 0 fully saturated rings. The summed E-state index contributed by atoms with van der Waals surface area (Å²) < 4.78 is 0. The lowest BCUT2D eigenvalue weighted by Crippen LogP contribution is -2.01. The number of anilines is 2. The molecule has 29 heavy (non-hydrogen) atoms. The third kappa shape index (κ3) is 3.90. The fourth-order valence-electron chi connectivity index (χ4n) is 3.62. The van der Waals surface area contributed by atoms with Crippen LogP contribution in [0.4, 0.5) is 11.5 Å². The van der Waals surface area contributed by atoms with Crippen LogP contribution < -0.4 is 5.32 Å². The summed E-state index contributed by atoms with van der Waals surface area (Å²) in [6.45, 7) is 8.93. The van der Waals surface area contributed by atoms with E-state index in [0.717, 1.165) is 28.1 Å². The Hall–Kier alpha value is -2.72. The lowest BCUT2D eigenvalue weighted by Gasteiger charge is -2.16. The van der Waals surface area contributed by atoms with Gasteiger partial charge in [0.25, 0.3) is 0 Å². The highest BCUT2D eigenvalue weighted by molar-refractivity contribution is 7.17. The van der Waals surface area contributed by atoms with Crippen LogP contribution in [0.1, 0.15) is 57.1 Å². The van der Waals surface area contributed by atoms with Crippen LogP contribution >= 0.6 is 11.3 Å². The molecule has 2 aromatic heterocycles. The SMILES string of the molecule is CCC(C)c1ccccc1Nc1ncnc2scc(-c3ccc(C(C)C)cc3)c12. The van der Waals surface area contributed by atoms with Gasteiger partial charge in [0.2, 0.25) is 0 Å². The molecule has 4 rings (SSSR count). The molecule has 0 saturated heterocycles. The topological polar surface area (TPSA) is 37.8 Å². The van der Waals surface area contributed by atoms with E-state index in [9.17, 15) is 0 Å². The number of fused-ring (bicyclic) bond motifs is 1. The second-order valence-electron chi connectivity index (χ2n) is 7.85. The molecular weight excluding hydrogens is 374 g/mol. The highest BCUT2D eigenvalue weighted by Crippen LogP contribution is 2.38. The van der Waals surface area contributed by atoms with Gasteiger partial charge in [-0.25, -0.2) is 9.97 Å². The van der Waals surface area contributed by atoms with Crippen molar-refractivity contribution in [3.8, 4) is 11.1 Å². The molecule has 1 atom stereocenters. The largest absolute Gasteiger partial charge is 0.339 e. The number of rotatable bonds is 6. The van der Waals surface area contributed by atoms with Crippen molar-refractivity contribution < 1.29 is 0 Å². The van der Waals surface area contributed by atoms with Gasteiger partial charge in [-0.05, 0) is 41.0 Å². The number of nitrogens with one attached hydrogen (secondary N) is 1. The van der Waals surface area contributed by atoms with Crippen LogP contribution in [-0.2, 0) is 0 Å². The minimum Gasteiger partial charge on any atom is -0.339 e. The Balaban J connectivity index is 1.78. The summed E-state index contributed by atoms with van der Waals surface area (Å²) in [7, 11) is 0. The van der Waals surface area contributed by atoms with E-state index in [2.05, 4.69) is 96.9 Å². The Bertz CT molecular complexity index is 1110. The van der Waals surface area contributed by atoms with Gasteiger partial charge in [0.1, 0.15) is 17.0 Å². The number of hydrogen-bond acceptors (Lipinski definition) is 4. The van der Waals surface area contributed by atoms with Crippen LogP contribution in [0.3, 0.4) is 0 Å². The Kier molecular flexibility index (Phi) is 5.63. The van der Waals surface area contributed by atoms with Crippen LogP contribution in [0.2, 0.25) is 0 Å². The summed E-state index contributed by atoms with van der Waals surface area (Å²) in [6.07, 6.45) is 2.75. The average molecular weight is 402 g/mol. The van der Waals surface area contributed by atoms with Crippen molar-refractivity contribution in [3.63, 3.8) is 0 Å². The highest BCUT2D eigenvalue weighted by atomic mass is 32.1. The van der Waals surface area contributed by atoms with Crippen molar-refractivity contribution in [1.29, 1.82) is 0 Å². The van der Waals surface area contributed by atoms with Crippen LogP contribution in [0.15, 0.2) is 60.2 Å². The molecule has 4 heteroatoms. The first-order chi connectivity index (χ1) is 14.1. The van der Waals surface area contributed by atoms with Crippen molar-refractivity contribution in [2.45, 2.75) is 46.0 Å². The van der Waals surface area contributed by atoms with Crippen molar-refractivity contribution in [3.05, 3.63) is 71.4 Å². The number of nitrogens with zero attached hydrogens (tertiary/aromatic N) is 2. The van der Waals surface area contributed by atoms with Crippen LogP contribution in [-0.4, -0.2) is 9.97 Å². The predicted octanol–water partition coefficient (Wildman–Crippen LogP) is 7.74. The molecule has 1 unspecified atom stereocenters. The zero-order chi connectivity index (χ0) is 20.4. The summed E-state index contributed by atoms with van der Waals surface area (Å²) in [5.74, 6) is 1.89. The summed E-state index contributed by atoms with van der Waals surface area (Å²) in [5.41, 5.74) is 6.18. The van der Waals surface area contributed by atoms with Crippen molar-refractivity contribution in [2.24, 2.45) is 0 Å². The van der Waals surface area contributed by atoms with E-state index in [1.54, 1.807) is 17.7 Å². The van der Waals surface area contributed by atoms with Gasteiger partial charge in [0.15, 0.2) is 0 Å². The van der Waals surface area contributed by atoms with Crippen molar-refractivity contribution >= 4 is 33.1 Å². The zero-order valence-electron chi connectivity index (χ0n) is 17.4. The molecule has 0 aliphatic carbocycles. The molecule has 2 aromatic carbocycles. The first-order valence-corrected chi connectivity index (χ1v) is 11.1. The molecule has 4 aromatic rings. The molecule has 0 saturated carbocycles. The number of hydrogen-bond donors (Lipinski definition) is 1. The average Bonchev–Trinajstić information content (AvgIpc) is 3.19. The third-order valence-corrected chi connectivity index (χ3v) is 6.50. The van der Waals surface area contributed by atoms with E-state index < -0.39 is 0 Å². The van der Waals surface area contributed by atoms with E-state index >= 15 is 0 Å². The van der Waals surface area contributed by atoms with Gasteiger partial charge >= 0.3 is 0 Å². The van der Waals surface area contributed by atoms with Gasteiger partial charge < -0.3 is 5.32 Å². The fourth-order valence-corrected chi connectivity index (χ4v) is 4.53. The van der Waals surface area contributed by atoms with Gasteiger partial charge in [-0.1, -0.05) is 70.2 Å². The normalized spacial score (nSPS) is 12.4. The minimum absolute atomic E-state index is 0.488. The minimum atomic E-state index is 0.488. The van der Waals surface area contributed by atoms with Gasteiger partial charge in [0, 0.05) is 16.6 Å². The van der Waals surface area contributed by atoms with E-state index in [0.29, 0.717) is 11.8 Å². The van der Waals surface area contributed by atoms with E-state index in [1.807, 2.05) is 0 Å². The number of thiophene rings is 1. The molecule has 0 aliphatic heterocycles. The summed E-state index contributed by atoms with van der Waals surface area (Å²) in [5, 5.41) is 6.89. The second kappa shape index (κ2) is 8.34. The fraction of sp³-hybridized carbons (Fsp3) is 0.280. The molecule has 0 bridgehead atoms. The molecule has 0 amide bonds. The van der Waals surface area contributed by atoms with Gasteiger partial charge in [-0.2, -0.15) is 0 Å². The maximum atomic E-state index is 4.62. The second-order valence-corrected chi connectivity index (χ2v) is 8.71. The molecule has 3 nitrogen and oxygen atoms in total. The molecule has 0 radical (unpaired) electrons. The quantitative estimate of drug-likeness (QED) is 0.359. The number of aromatic nitrogens is 2. The number of benzene rings is 2. The van der Waals surface area contributed by atoms with E-state index in [1.165, 1.54) is 22.3 Å². The van der Waals surface area contributed by atoms with Crippen molar-refractivity contribution in [2.75, 3.05) is 5.32 Å². The smallest absolute Gasteiger partial charge is 0.143 e. The van der Waals surface area contributed by atoms with Gasteiger partial charge in [-0.3, -0.25) is 0 Å². The Morgan fingerprint density at radius 1 is 0.966 bits per heavy atom. The maximum absolute atomic E-state index is 4.62. The van der Waals surface area contributed by atoms with Crippen LogP contribution in [0.5, 0.6) is 0 Å². The first kappa shape index (κ1) is 19.6. The predicted molar refractivity (Wildman–Crippen MR) is 125 cm³/mol. The lowest BCUT2D eigenvalue weighted by molar-refractivity contribution is 0.735. The van der Waals surface area contributed by atoms with Gasteiger partial charge in [-0.15, -0.1) is 11.3 Å². The van der Waals surface area contributed by atoms with Gasteiger partial charge in [0.05, 0.1) is 5.39 Å². The third-order valence-electron chi connectivity index (χ3n) is 5.62. The van der Waals surface area contributed by atoms with E-state index in [-0.39, 0.29) is 0 Å². The Morgan fingerprint density at radius 2 is 1.72 bits per heavy atom. The van der Waals surface area contributed by atoms with Crippen LogP contribution in [0.25, 0.3) is 21.3 Å².